The largest absolute Gasteiger partial charge is 0.492 e. The Bertz CT molecular complexity index is 945. The molecular weight excluding hydrogens is 422 g/mol. The van der Waals surface area contributed by atoms with E-state index in [1.807, 2.05) is 12.2 Å². The zero-order valence-electron chi connectivity index (χ0n) is 17.6. The van der Waals surface area contributed by atoms with Crippen molar-refractivity contribution in [1.29, 1.82) is 0 Å². The minimum Gasteiger partial charge on any atom is -0.492 e. The number of nitrogens with one attached hydrogen (secondary N) is 1. The fraction of sp³-hybridized carbons (Fsp3) is 0.476. The van der Waals surface area contributed by atoms with Crippen molar-refractivity contribution >= 4 is 27.7 Å². The first-order chi connectivity index (χ1) is 14.7. The number of nitrogens with zero attached hydrogens (tertiary/aromatic N) is 2. The lowest BCUT2D eigenvalue weighted by Gasteiger charge is -2.14. The van der Waals surface area contributed by atoms with Crippen molar-refractivity contribution < 1.29 is 27.5 Å². The third kappa shape index (κ3) is 5.13. The first kappa shape index (κ1) is 23.0. The van der Waals surface area contributed by atoms with Crippen LogP contribution in [-0.4, -0.2) is 69.1 Å². The molecule has 168 valence electrons. The van der Waals surface area contributed by atoms with E-state index in [0.717, 1.165) is 4.31 Å². The molecule has 1 heterocycles. The van der Waals surface area contributed by atoms with Gasteiger partial charge in [-0.15, -0.1) is 0 Å². The summed E-state index contributed by atoms with van der Waals surface area (Å²) in [7, 11) is -0.572. The van der Waals surface area contributed by atoms with Crippen LogP contribution in [0.5, 0.6) is 5.75 Å². The minimum atomic E-state index is -3.49. The minimum absolute atomic E-state index is 0.0431. The highest BCUT2D eigenvalue weighted by molar-refractivity contribution is 7.89. The van der Waals surface area contributed by atoms with E-state index in [0.29, 0.717) is 18.6 Å². The molecule has 1 fully saturated rings. The van der Waals surface area contributed by atoms with Gasteiger partial charge < -0.3 is 10.1 Å². The number of allylic oxidation sites excluding steroid dienone is 2. The Kier molecular flexibility index (Phi) is 7.11. The lowest BCUT2D eigenvalue weighted by atomic mass is 9.85. The number of likely N-dealkylation sites (tertiary alicyclic amines) is 1. The van der Waals surface area contributed by atoms with Crippen molar-refractivity contribution in [1.82, 2.24) is 14.5 Å². The van der Waals surface area contributed by atoms with E-state index < -0.39 is 10.0 Å². The second-order valence-electron chi connectivity index (χ2n) is 7.69. The second kappa shape index (κ2) is 9.61. The Morgan fingerprint density at radius 3 is 2.23 bits per heavy atom. The molecule has 9 nitrogen and oxygen atoms in total. The second-order valence-corrected chi connectivity index (χ2v) is 9.84. The summed E-state index contributed by atoms with van der Waals surface area (Å²) in [5.74, 6) is -0.729. The van der Waals surface area contributed by atoms with Crippen molar-refractivity contribution in [3.63, 3.8) is 0 Å². The maximum absolute atomic E-state index is 12.4. The van der Waals surface area contributed by atoms with Crippen LogP contribution < -0.4 is 10.1 Å². The van der Waals surface area contributed by atoms with Gasteiger partial charge in [0.25, 0.3) is 0 Å². The van der Waals surface area contributed by atoms with Gasteiger partial charge in [-0.1, -0.05) is 12.2 Å². The Balaban J connectivity index is 1.38. The molecule has 3 amide bonds. The number of imide groups is 1. The van der Waals surface area contributed by atoms with Crippen LogP contribution in [-0.2, 0) is 24.4 Å². The molecule has 0 saturated carbocycles. The molecule has 1 saturated heterocycles. The number of ether oxygens (including phenoxy) is 1. The van der Waals surface area contributed by atoms with Gasteiger partial charge in [0.05, 0.1) is 23.3 Å². The molecule has 1 aromatic carbocycles. The van der Waals surface area contributed by atoms with Crippen molar-refractivity contribution in [3.8, 4) is 5.75 Å². The Hall–Kier alpha value is -2.72. The number of sulfonamides is 1. The summed E-state index contributed by atoms with van der Waals surface area (Å²) < 4.78 is 30.7. The SMILES string of the molecule is CN(C)S(=O)(=O)c1ccc(OCCNC(=O)CCN2C(=O)[C@H]3CC=CC[C@H]3C2=O)cc1. The van der Waals surface area contributed by atoms with Crippen LogP contribution in [0.1, 0.15) is 19.3 Å². The van der Waals surface area contributed by atoms with Crippen molar-refractivity contribution in [3.05, 3.63) is 36.4 Å². The standard InChI is InChI=1S/C21H27N3O6S/c1-23(2)31(28,29)16-9-7-15(8-10-16)30-14-12-22-19(25)11-13-24-20(26)17-5-3-4-6-18(17)21(24)27/h3-4,7-10,17-18H,5-6,11-14H2,1-2H3,(H,22,25)/t17-,18+. The summed E-state index contributed by atoms with van der Waals surface area (Å²) >= 11 is 0. The smallest absolute Gasteiger partial charge is 0.242 e. The molecule has 31 heavy (non-hydrogen) atoms. The van der Waals surface area contributed by atoms with E-state index in [4.69, 9.17) is 4.74 Å². The molecule has 0 unspecified atom stereocenters. The average Bonchev–Trinajstić information content (AvgIpc) is 3.00. The first-order valence-corrected chi connectivity index (χ1v) is 11.6. The lowest BCUT2D eigenvalue weighted by molar-refractivity contribution is -0.140. The summed E-state index contributed by atoms with van der Waals surface area (Å²) in [6.07, 6.45) is 5.06. The predicted molar refractivity (Wildman–Crippen MR) is 113 cm³/mol. The monoisotopic (exact) mass is 449 g/mol. The molecule has 2 aliphatic rings. The van der Waals surface area contributed by atoms with Gasteiger partial charge in [0.1, 0.15) is 12.4 Å². The Morgan fingerprint density at radius 2 is 1.68 bits per heavy atom. The number of fused-ring (bicyclic) bond motifs is 1. The van der Waals surface area contributed by atoms with E-state index in [1.165, 1.54) is 31.1 Å². The summed E-state index contributed by atoms with van der Waals surface area (Å²) in [6.45, 7) is 0.524. The molecule has 1 N–H and O–H groups in total. The summed E-state index contributed by atoms with van der Waals surface area (Å²) in [4.78, 5) is 38.2. The molecule has 1 aromatic rings. The van der Waals surface area contributed by atoms with E-state index >= 15 is 0 Å². The fourth-order valence-electron chi connectivity index (χ4n) is 3.67. The third-order valence-corrected chi connectivity index (χ3v) is 7.29. The molecule has 3 rings (SSSR count). The maximum atomic E-state index is 12.4. The van der Waals surface area contributed by atoms with Crippen LogP contribution in [0.25, 0.3) is 0 Å². The molecule has 0 spiro atoms. The quantitative estimate of drug-likeness (QED) is 0.339. The molecule has 1 aliphatic carbocycles. The molecule has 0 aromatic heterocycles. The van der Waals surface area contributed by atoms with Crippen molar-refractivity contribution in [2.24, 2.45) is 11.8 Å². The van der Waals surface area contributed by atoms with Crippen LogP contribution in [0, 0.1) is 11.8 Å². The normalized spacial score (nSPS) is 20.8. The summed E-state index contributed by atoms with van der Waals surface area (Å²) in [5, 5.41) is 2.69. The number of carbonyl (C=O) groups excluding carboxylic acids is 3. The molecule has 10 heteroatoms. The molecule has 1 aliphatic heterocycles. The number of hydrogen-bond acceptors (Lipinski definition) is 6. The number of benzene rings is 1. The summed E-state index contributed by atoms with van der Waals surface area (Å²) in [5.41, 5.74) is 0. The van der Waals surface area contributed by atoms with E-state index in [2.05, 4.69) is 5.32 Å². The van der Waals surface area contributed by atoms with Gasteiger partial charge in [-0.05, 0) is 37.1 Å². The van der Waals surface area contributed by atoms with E-state index in [1.54, 1.807) is 12.1 Å². The van der Waals surface area contributed by atoms with Crippen LogP contribution >= 0.6 is 0 Å². The number of hydrogen-bond donors (Lipinski definition) is 1. The van der Waals surface area contributed by atoms with Crippen LogP contribution in [0.3, 0.4) is 0 Å². The number of rotatable bonds is 9. The average molecular weight is 450 g/mol. The van der Waals surface area contributed by atoms with Gasteiger partial charge in [-0.2, -0.15) is 0 Å². The van der Waals surface area contributed by atoms with Gasteiger partial charge in [0.2, 0.25) is 27.7 Å². The van der Waals surface area contributed by atoms with Crippen LogP contribution in [0.2, 0.25) is 0 Å². The highest BCUT2D eigenvalue weighted by Gasteiger charge is 2.46. The van der Waals surface area contributed by atoms with E-state index in [-0.39, 0.29) is 60.6 Å². The van der Waals surface area contributed by atoms with Gasteiger partial charge in [-0.25, -0.2) is 12.7 Å². The molecular formula is C21H27N3O6S. The predicted octanol–water partition coefficient (Wildman–Crippen LogP) is 0.773. The van der Waals surface area contributed by atoms with Gasteiger partial charge in [-0.3, -0.25) is 19.3 Å². The Labute approximate surface area is 182 Å². The highest BCUT2D eigenvalue weighted by Crippen LogP contribution is 2.34. The molecule has 0 radical (unpaired) electrons. The Morgan fingerprint density at radius 1 is 1.10 bits per heavy atom. The van der Waals surface area contributed by atoms with Gasteiger partial charge in [0, 0.05) is 27.1 Å². The van der Waals surface area contributed by atoms with Crippen molar-refractivity contribution in [2.75, 3.05) is 33.8 Å². The van der Waals surface area contributed by atoms with E-state index in [9.17, 15) is 22.8 Å². The lowest BCUT2D eigenvalue weighted by Crippen LogP contribution is -2.36. The zero-order valence-corrected chi connectivity index (χ0v) is 18.4. The fourth-order valence-corrected chi connectivity index (χ4v) is 4.57. The van der Waals surface area contributed by atoms with Crippen molar-refractivity contribution in [2.45, 2.75) is 24.2 Å². The number of amides is 3. The maximum Gasteiger partial charge on any atom is 0.242 e. The topological polar surface area (TPSA) is 113 Å². The molecule has 0 bridgehead atoms. The van der Waals surface area contributed by atoms with Gasteiger partial charge in [0.15, 0.2) is 0 Å². The zero-order chi connectivity index (χ0) is 22.6. The first-order valence-electron chi connectivity index (χ1n) is 10.1. The van der Waals surface area contributed by atoms with Crippen LogP contribution in [0.15, 0.2) is 41.3 Å². The highest BCUT2D eigenvalue weighted by atomic mass is 32.2. The number of carbonyl (C=O) groups is 3. The van der Waals surface area contributed by atoms with Gasteiger partial charge >= 0.3 is 0 Å². The van der Waals surface area contributed by atoms with Crippen LogP contribution in [0.4, 0.5) is 0 Å². The molecule has 2 atom stereocenters. The third-order valence-electron chi connectivity index (χ3n) is 5.46. The summed E-state index contributed by atoms with van der Waals surface area (Å²) in [6, 6.07) is 6.02.